The van der Waals surface area contributed by atoms with Gasteiger partial charge in [0.1, 0.15) is 11.3 Å². The molecule has 0 saturated carbocycles. The van der Waals surface area contributed by atoms with Crippen molar-refractivity contribution >= 4 is 28.5 Å². The lowest BCUT2D eigenvalue weighted by atomic mass is 9.91. The highest BCUT2D eigenvalue weighted by molar-refractivity contribution is 6.31. The van der Waals surface area contributed by atoms with Crippen LogP contribution in [0.1, 0.15) is 24.0 Å². The standard InChI is InChI=1S/C32H30ClF3N6O4/c1-40-28(21-6-4-20(5-7-21)16-37-30(44)32(34,35)36)26-27(39-40)29(43)42(19-38-26)18-31(45)10-12-41(13-11-31)17-23-9-8-22(15-24(23)33)25-3-2-14-46-25/h2-9,14-15,19,45H,10-13,16-18H2,1H3,(H,37,44). The summed E-state index contributed by atoms with van der Waals surface area (Å²) in [6.07, 6.45) is -1.04. The van der Waals surface area contributed by atoms with E-state index in [-0.39, 0.29) is 18.6 Å². The zero-order chi connectivity index (χ0) is 32.6. The smallest absolute Gasteiger partial charge is 0.464 e. The van der Waals surface area contributed by atoms with Crippen LogP contribution in [0.15, 0.2) is 76.4 Å². The summed E-state index contributed by atoms with van der Waals surface area (Å²) in [5.74, 6) is -1.27. The van der Waals surface area contributed by atoms with Crippen LogP contribution < -0.4 is 10.9 Å². The average molecular weight is 655 g/mol. The molecule has 2 N–H and O–H groups in total. The van der Waals surface area contributed by atoms with E-state index in [4.69, 9.17) is 16.0 Å². The number of hydrogen-bond donors (Lipinski definition) is 2. The SMILES string of the molecule is Cn1nc2c(=O)n(CC3(O)CCN(Cc4ccc(-c5ccco5)cc4Cl)CC3)cnc2c1-c1ccc(CNC(=O)C(F)(F)F)cc1. The summed E-state index contributed by atoms with van der Waals surface area (Å²) in [7, 11) is 1.66. The van der Waals surface area contributed by atoms with E-state index in [1.54, 1.807) is 37.6 Å². The van der Waals surface area contributed by atoms with Crippen LogP contribution >= 0.6 is 11.6 Å². The number of halogens is 4. The molecule has 0 spiro atoms. The van der Waals surface area contributed by atoms with E-state index in [2.05, 4.69) is 15.0 Å². The minimum atomic E-state index is -4.96. The van der Waals surface area contributed by atoms with Gasteiger partial charge in [-0.25, -0.2) is 4.98 Å². The first-order chi connectivity index (χ1) is 21.9. The predicted octanol–water partition coefficient (Wildman–Crippen LogP) is 4.92. The second-order valence-electron chi connectivity index (χ2n) is 11.5. The van der Waals surface area contributed by atoms with Gasteiger partial charge in [0.2, 0.25) is 0 Å². The Labute approximate surface area is 266 Å². The van der Waals surface area contributed by atoms with Crippen LogP contribution in [-0.4, -0.2) is 60.1 Å². The maximum Gasteiger partial charge on any atom is 0.471 e. The first kappa shape index (κ1) is 31.5. The zero-order valence-corrected chi connectivity index (χ0v) is 25.5. The van der Waals surface area contributed by atoms with Gasteiger partial charge in [0.05, 0.1) is 30.4 Å². The van der Waals surface area contributed by atoms with Crippen molar-refractivity contribution in [2.24, 2.45) is 7.05 Å². The molecule has 1 fully saturated rings. The molecule has 0 radical (unpaired) electrons. The van der Waals surface area contributed by atoms with Gasteiger partial charge in [-0.15, -0.1) is 0 Å². The highest BCUT2D eigenvalue weighted by Gasteiger charge is 2.38. The molecular weight excluding hydrogens is 625 g/mol. The number of furan rings is 1. The fourth-order valence-corrected chi connectivity index (χ4v) is 5.95. The van der Waals surface area contributed by atoms with Crippen LogP contribution in [0.5, 0.6) is 0 Å². The molecule has 0 aliphatic carbocycles. The van der Waals surface area contributed by atoms with Crippen molar-refractivity contribution < 1.29 is 27.5 Å². The van der Waals surface area contributed by atoms with Gasteiger partial charge in [0.25, 0.3) is 5.56 Å². The van der Waals surface area contributed by atoms with Crippen molar-refractivity contribution in [3.05, 3.63) is 93.7 Å². The molecule has 0 atom stereocenters. The van der Waals surface area contributed by atoms with Gasteiger partial charge >= 0.3 is 12.1 Å². The van der Waals surface area contributed by atoms with Crippen molar-refractivity contribution in [3.63, 3.8) is 0 Å². The number of aromatic nitrogens is 4. The molecule has 2 aromatic carbocycles. The molecule has 6 rings (SSSR count). The number of rotatable bonds is 8. The molecule has 3 aromatic heterocycles. The molecule has 5 aromatic rings. The van der Waals surface area contributed by atoms with Crippen LogP contribution in [0.4, 0.5) is 13.2 Å². The average Bonchev–Trinajstić information content (AvgIpc) is 3.68. The predicted molar refractivity (Wildman–Crippen MR) is 165 cm³/mol. The van der Waals surface area contributed by atoms with Crippen LogP contribution in [-0.2, 0) is 31.5 Å². The topological polar surface area (TPSA) is 118 Å². The third kappa shape index (κ3) is 6.57. The fourth-order valence-electron chi connectivity index (χ4n) is 5.71. The van der Waals surface area contributed by atoms with E-state index in [1.165, 1.54) is 15.6 Å². The lowest BCUT2D eigenvalue weighted by Crippen LogP contribution is -2.47. The van der Waals surface area contributed by atoms with Crippen LogP contribution in [0.3, 0.4) is 0 Å². The van der Waals surface area contributed by atoms with Gasteiger partial charge < -0.3 is 14.8 Å². The summed E-state index contributed by atoms with van der Waals surface area (Å²) in [5, 5.41) is 18.3. The molecule has 1 aliphatic rings. The third-order valence-electron chi connectivity index (χ3n) is 8.25. The van der Waals surface area contributed by atoms with E-state index in [1.807, 2.05) is 35.6 Å². The minimum Gasteiger partial charge on any atom is -0.464 e. The van der Waals surface area contributed by atoms with Gasteiger partial charge in [-0.05, 0) is 42.2 Å². The Balaban J connectivity index is 1.11. The number of carbonyl (C=O) groups is 1. The Bertz CT molecular complexity index is 1930. The summed E-state index contributed by atoms with van der Waals surface area (Å²) in [5.41, 5.74) is 2.52. The molecule has 14 heteroatoms. The molecule has 10 nitrogen and oxygen atoms in total. The zero-order valence-electron chi connectivity index (χ0n) is 24.7. The number of likely N-dealkylation sites (tertiary alicyclic amines) is 1. The van der Waals surface area contributed by atoms with E-state index in [0.717, 1.165) is 16.9 Å². The molecule has 0 bridgehead atoms. The molecule has 0 unspecified atom stereocenters. The Kier molecular flexibility index (Phi) is 8.49. The molecule has 1 aliphatic heterocycles. The normalized spacial score (nSPS) is 15.3. The first-order valence-electron chi connectivity index (χ1n) is 14.5. The summed E-state index contributed by atoms with van der Waals surface area (Å²) >= 11 is 6.57. The minimum absolute atomic E-state index is 0.0610. The van der Waals surface area contributed by atoms with Crippen molar-refractivity contribution in [1.82, 2.24) is 29.5 Å². The summed E-state index contributed by atoms with van der Waals surface area (Å²) in [6.45, 7) is 1.62. The highest BCUT2D eigenvalue weighted by Crippen LogP contribution is 2.30. The van der Waals surface area contributed by atoms with Gasteiger partial charge in [0, 0.05) is 49.4 Å². The van der Waals surface area contributed by atoms with Crippen LogP contribution in [0, 0.1) is 0 Å². The second kappa shape index (κ2) is 12.4. The maximum atomic E-state index is 13.5. The number of amides is 1. The van der Waals surface area contributed by atoms with E-state index >= 15 is 0 Å². The molecule has 1 saturated heterocycles. The van der Waals surface area contributed by atoms with Gasteiger partial charge in [-0.2, -0.15) is 18.3 Å². The molecular formula is C32H30ClF3N6O4. The number of nitrogens with zero attached hydrogens (tertiary/aromatic N) is 5. The summed E-state index contributed by atoms with van der Waals surface area (Å²) in [6, 6.07) is 16.0. The third-order valence-corrected chi connectivity index (χ3v) is 8.61. The van der Waals surface area contributed by atoms with Crippen LogP contribution in [0.25, 0.3) is 33.6 Å². The number of alkyl halides is 3. The number of aryl methyl sites for hydroxylation is 1. The molecule has 1 amide bonds. The monoisotopic (exact) mass is 654 g/mol. The Morgan fingerprint density at radius 1 is 1.09 bits per heavy atom. The number of piperidine rings is 1. The number of hydrogen-bond acceptors (Lipinski definition) is 7. The fraction of sp³-hybridized carbons (Fsp3) is 0.312. The Morgan fingerprint density at radius 2 is 1.80 bits per heavy atom. The number of nitrogens with one attached hydrogen (secondary N) is 1. The highest BCUT2D eigenvalue weighted by atomic mass is 35.5. The molecule has 46 heavy (non-hydrogen) atoms. The summed E-state index contributed by atoms with van der Waals surface area (Å²) < 4.78 is 45.8. The molecule has 240 valence electrons. The van der Waals surface area contributed by atoms with Crippen molar-refractivity contribution in [1.29, 1.82) is 0 Å². The Morgan fingerprint density at radius 3 is 2.46 bits per heavy atom. The van der Waals surface area contributed by atoms with Crippen LogP contribution in [0.2, 0.25) is 5.02 Å². The van der Waals surface area contributed by atoms with Crippen molar-refractivity contribution in [3.8, 4) is 22.6 Å². The number of carbonyl (C=O) groups excluding carboxylic acids is 1. The lowest BCUT2D eigenvalue weighted by molar-refractivity contribution is -0.173. The Hall–Kier alpha value is -4.46. The van der Waals surface area contributed by atoms with E-state index in [9.17, 15) is 27.9 Å². The van der Waals surface area contributed by atoms with Gasteiger partial charge in [-0.3, -0.25) is 23.7 Å². The van der Waals surface area contributed by atoms with Crippen molar-refractivity contribution in [2.45, 2.75) is 44.3 Å². The number of aliphatic hydroxyl groups is 1. The quantitative estimate of drug-likeness (QED) is 0.244. The largest absolute Gasteiger partial charge is 0.471 e. The maximum absolute atomic E-state index is 13.5. The molecule has 4 heterocycles. The van der Waals surface area contributed by atoms with Gasteiger partial charge in [0.15, 0.2) is 5.52 Å². The first-order valence-corrected chi connectivity index (χ1v) is 14.9. The lowest BCUT2D eigenvalue weighted by Gasteiger charge is -2.38. The number of fused-ring (bicyclic) bond motifs is 1. The second-order valence-corrected chi connectivity index (χ2v) is 11.9. The number of benzene rings is 2. The van der Waals surface area contributed by atoms with Crippen molar-refractivity contribution in [2.75, 3.05) is 13.1 Å². The van der Waals surface area contributed by atoms with E-state index in [0.29, 0.717) is 59.8 Å². The van der Waals surface area contributed by atoms with Gasteiger partial charge in [-0.1, -0.05) is 48.0 Å². The van der Waals surface area contributed by atoms with E-state index < -0.39 is 23.2 Å². The summed E-state index contributed by atoms with van der Waals surface area (Å²) in [4.78, 5) is 31.3.